The molecule has 0 aliphatic heterocycles. The van der Waals surface area contributed by atoms with Crippen LogP contribution in [0.2, 0.25) is 5.02 Å². The second-order valence-electron chi connectivity index (χ2n) is 9.49. The van der Waals surface area contributed by atoms with Crippen LogP contribution >= 0.6 is 11.6 Å². The number of hydrogen-bond donors (Lipinski definition) is 3. The Labute approximate surface area is 216 Å². The third kappa shape index (κ3) is 6.74. The van der Waals surface area contributed by atoms with Gasteiger partial charge < -0.3 is 20.1 Å². The van der Waals surface area contributed by atoms with Gasteiger partial charge >= 0.3 is 5.97 Å². The highest BCUT2D eigenvalue weighted by Gasteiger charge is 2.30. The maximum Gasteiger partial charge on any atom is 0.305 e. The molecule has 1 fully saturated rings. The van der Waals surface area contributed by atoms with E-state index in [9.17, 15) is 20.1 Å². The fourth-order valence-corrected chi connectivity index (χ4v) is 4.80. The Bertz CT molecular complexity index is 1150. The van der Waals surface area contributed by atoms with Gasteiger partial charge in [-0.3, -0.25) is 14.3 Å². The number of ether oxygens (including phenoxy) is 1. The van der Waals surface area contributed by atoms with Gasteiger partial charge in [0.15, 0.2) is 11.8 Å². The Kier molecular flexibility index (Phi) is 8.44. The van der Waals surface area contributed by atoms with Crippen molar-refractivity contribution in [1.82, 2.24) is 9.47 Å². The van der Waals surface area contributed by atoms with Crippen molar-refractivity contribution in [3.05, 3.63) is 76.3 Å². The van der Waals surface area contributed by atoms with Crippen molar-refractivity contribution in [1.29, 1.82) is 0 Å². The van der Waals surface area contributed by atoms with Crippen LogP contribution in [-0.4, -0.2) is 44.4 Å². The molecule has 1 saturated carbocycles. The molecule has 1 aromatic heterocycles. The summed E-state index contributed by atoms with van der Waals surface area (Å²) >= 11 is 6.08. The summed E-state index contributed by atoms with van der Waals surface area (Å²) in [7, 11) is 1.65. The van der Waals surface area contributed by atoms with Crippen LogP contribution in [-0.2, 0) is 24.3 Å². The van der Waals surface area contributed by atoms with E-state index >= 15 is 0 Å². The molecule has 0 amide bonds. The van der Waals surface area contributed by atoms with Gasteiger partial charge in [-0.05, 0) is 66.5 Å². The van der Waals surface area contributed by atoms with E-state index < -0.39 is 5.97 Å². The highest BCUT2D eigenvalue weighted by molar-refractivity contribution is 6.30. The molecule has 0 radical (unpaired) electrons. The summed E-state index contributed by atoms with van der Waals surface area (Å²) < 4.78 is 7.15. The Morgan fingerprint density at radius 2 is 1.81 bits per heavy atom. The molecule has 1 heterocycles. The molecule has 0 bridgehead atoms. The Balaban J connectivity index is 1.50. The number of methoxy groups -OCH3 is 1. The van der Waals surface area contributed by atoms with Gasteiger partial charge in [0.1, 0.15) is 5.75 Å². The summed E-state index contributed by atoms with van der Waals surface area (Å²) in [5.41, 5.74) is 3.05. The predicted octanol–water partition coefficient (Wildman–Crippen LogP) is 5.62. The van der Waals surface area contributed by atoms with Gasteiger partial charge in [-0.1, -0.05) is 35.9 Å². The van der Waals surface area contributed by atoms with E-state index in [1.54, 1.807) is 7.11 Å². The molecule has 3 N–H and O–H groups in total. The van der Waals surface area contributed by atoms with Crippen molar-refractivity contribution >= 4 is 17.6 Å². The molecule has 4 rings (SSSR count). The molecule has 1 aliphatic carbocycles. The number of rotatable bonds is 13. The van der Waals surface area contributed by atoms with E-state index in [0.29, 0.717) is 24.0 Å². The van der Waals surface area contributed by atoms with Crippen molar-refractivity contribution in [2.75, 3.05) is 13.7 Å². The van der Waals surface area contributed by atoms with E-state index in [2.05, 4.69) is 11.0 Å². The summed E-state index contributed by atoms with van der Waals surface area (Å²) in [4.78, 5) is 14.0. The van der Waals surface area contributed by atoms with Crippen LogP contribution in [0, 0.1) is 5.92 Å². The first-order valence-corrected chi connectivity index (χ1v) is 12.7. The van der Waals surface area contributed by atoms with Crippen LogP contribution in [0.1, 0.15) is 48.4 Å². The summed E-state index contributed by atoms with van der Waals surface area (Å²) in [6, 6.07) is 16.3. The molecule has 192 valence electrons. The summed E-state index contributed by atoms with van der Waals surface area (Å²) in [5, 5.41) is 30.0. The van der Waals surface area contributed by atoms with Crippen molar-refractivity contribution in [3.8, 4) is 17.5 Å². The zero-order valence-corrected chi connectivity index (χ0v) is 21.2. The second-order valence-corrected chi connectivity index (χ2v) is 9.93. The summed E-state index contributed by atoms with van der Waals surface area (Å²) in [6.45, 7) is 1.94. The number of carboxylic acid groups (broad SMARTS) is 1. The van der Waals surface area contributed by atoms with Gasteiger partial charge in [0.05, 0.1) is 13.5 Å². The van der Waals surface area contributed by atoms with E-state index in [4.69, 9.17) is 16.3 Å². The number of benzene rings is 2. The molecule has 0 saturated heterocycles. The number of aliphatic carboxylic acids is 1. The number of aromatic hydroxyl groups is 2. The van der Waals surface area contributed by atoms with E-state index in [1.165, 1.54) is 29.5 Å². The lowest BCUT2D eigenvalue weighted by Crippen LogP contribution is -2.32. The summed E-state index contributed by atoms with van der Waals surface area (Å²) in [6.07, 6.45) is 3.80. The zero-order chi connectivity index (χ0) is 25.7. The number of hydrogen-bond acceptors (Lipinski definition) is 5. The third-order valence-corrected chi connectivity index (χ3v) is 7.00. The molecule has 7 nitrogen and oxygen atoms in total. The largest absolute Gasteiger partial charge is 0.496 e. The number of nitrogens with zero attached hydrogens (tertiary/aromatic N) is 2. The highest BCUT2D eigenvalue weighted by atomic mass is 35.5. The maximum atomic E-state index is 11.8. The average molecular weight is 513 g/mol. The molecule has 8 heteroatoms. The fraction of sp³-hybridized carbons (Fsp3) is 0.393. The normalized spacial score (nSPS) is 14.2. The lowest BCUT2D eigenvalue weighted by atomic mass is 9.99. The molecule has 3 aromatic rings. The molecule has 1 unspecified atom stereocenters. The number of aromatic nitrogens is 1. The molecule has 0 spiro atoms. The van der Waals surface area contributed by atoms with Gasteiger partial charge in [0.2, 0.25) is 0 Å². The molecule has 1 atom stereocenters. The molecule has 1 aliphatic rings. The quantitative estimate of drug-likeness (QED) is 0.275. The first-order valence-electron chi connectivity index (χ1n) is 12.3. The average Bonchev–Trinajstić information content (AvgIpc) is 3.62. The molecular formula is C28H33ClN2O5. The van der Waals surface area contributed by atoms with Gasteiger partial charge in [0, 0.05) is 42.8 Å². The summed E-state index contributed by atoms with van der Waals surface area (Å²) in [5.74, 6) is 0.630. The van der Waals surface area contributed by atoms with Gasteiger partial charge in [-0.2, -0.15) is 0 Å². The van der Waals surface area contributed by atoms with Crippen molar-refractivity contribution in [3.63, 3.8) is 0 Å². The molecule has 36 heavy (non-hydrogen) atoms. The van der Waals surface area contributed by atoms with Gasteiger partial charge in [0.25, 0.3) is 0 Å². The zero-order valence-electron chi connectivity index (χ0n) is 20.4. The van der Waals surface area contributed by atoms with E-state index in [1.807, 2.05) is 36.4 Å². The second kappa shape index (κ2) is 11.7. The van der Waals surface area contributed by atoms with Crippen LogP contribution in [0.15, 0.2) is 54.6 Å². The first-order chi connectivity index (χ1) is 17.3. The van der Waals surface area contributed by atoms with Crippen LogP contribution in [0.5, 0.6) is 17.5 Å². The lowest BCUT2D eigenvalue weighted by molar-refractivity contribution is -0.138. The predicted molar refractivity (Wildman–Crippen MR) is 139 cm³/mol. The number of carbonyl (C=O) groups is 1. The lowest BCUT2D eigenvalue weighted by Gasteiger charge is -2.32. The monoisotopic (exact) mass is 512 g/mol. The van der Waals surface area contributed by atoms with Crippen LogP contribution < -0.4 is 4.74 Å². The SMILES string of the molecule is COc1cc(CN(CC2CC2)C(CC(=O)O)c2ccc(Cl)cc2)ccc1CCCn1c(O)ccc1O. The van der Waals surface area contributed by atoms with Gasteiger partial charge in [-0.15, -0.1) is 0 Å². The minimum atomic E-state index is -0.830. The number of aryl methyl sites for hydroxylation is 1. The van der Waals surface area contributed by atoms with Crippen LogP contribution in [0.3, 0.4) is 0 Å². The Morgan fingerprint density at radius 1 is 1.11 bits per heavy atom. The number of carboxylic acids is 1. The Morgan fingerprint density at radius 3 is 2.42 bits per heavy atom. The smallest absolute Gasteiger partial charge is 0.305 e. The van der Waals surface area contributed by atoms with Crippen LogP contribution in [0.4, 0.5) is 0 Å². The maximum absolute atomic E-state index is 11.8. The van der Waals surface area contributed by atoms with Crippen molar-refractivity contribution in [2.45, 2.75) is 51.2 Å². The molecule has 2 aromatic carbocycles. The Hall–Kier alpha value is -3.16. The van der Waals surface area contributed by atoms with Crippen molar-refractivity contribution < 1.29 is 24.9 Å². The van der Waals surface area contributed by atoms with E-state index in [-0.39, 0.29) is 24.2 Å². The minimum absolute atomic E-state index is 0.0165. The standard InChI is InChI=1S/C28H33ClN2O5/c1-36-25-15-20(6-7-22(25)3-2-14-31-26(32)12-13-27(31)33)18-30(17-19-4-5-19)24(16-28(34)35)21-8-10-23(29)11-9-21/h6-13,15,19,24,32-33H,2-5,14,16-18H2,1H3,(H,34,35). The third-order valence-electron chi connectivity index (χ3n) is 6.75. The highest BCUT2D eigenvalue weighted by Crippen LogP contribution is 2.36. The minimum Gasteiger partial charge on any atom is -0.496 e. The van der Waals surface area contributed by atoms with Crippen molar-refractivity contribution in [2.24, 2.45) is 5.92 Å². The fourth-order valence-electron chi connectivity index (χ4n) is 4.67. The number of halogens is 1. The van der Waals surface area contributed by atoms with Gasteiger partial charge in [-0.25, -0.2) is 0 Å². The molecular weight excluding hydrogens is 480 g/mol. The first kappa shape index (κ1) is 25.9. The van der Waals surface area contributed by atoms with Crippen LogP contribution in [0.25, 0.3) is 0 Å². The van der Waals surface area contributed by atoms with E-state index in [0.717, 1.165) is 41.8 Å². The topological polar surface area (TPSA) is 95.2 Å².